The Bertz CT molecular complexity index is 327. The molecule has 0 radical (unpaired) electrons. The molecule has 1 aliphatic rings. The normalized spacial score (nSPS) is 18.5. The second-order valence-corrected chi connectivity index (χ2v) is 4.02. The highest BCUT2D eigenvalue weighted by Gasteiger charge is 2.39. The molecule has 0 bridgehead atoms. The molecule has 1 fully saturated rings. The molecule has 0 spiro atoms. The lowest BCUT2D eigenvalue weighted by Crippen LogP contribution is -2.13. The summed E-state index contributed by atoms with van der Waals surface area (Å²) in [7, 11) is 0. The van der Waals surface area contributed by atoms with Crippen LogP contribution < -0.4 is 0 Å². The van der Waals surface area contributed by atoms with E-state index in [1.165, 1.54) is 6.26 Å². The van der Waals surface area contributed by atoms with Gasteiger partial charge in [0.05, 0.1) is 12.2 Å². The lowest BCUT2D eigenvalue weighted by atomic mass is 9.97. The Balaban J connectivity index is 2.30. The van der Waals surface area contributed by atoms with Crippen molar-refractivity contribution in [1.82, 2.24) is 0 Å². The van der Waals surface area contributed by atoms with E-state index in [9.17, 15) is 4.79 Å². The van der Waals surface area contributed by atoms with Crippen LogP contribution in [0.15, 0.2) is 21.4 Å². The van der Waals surface area contributed by atoms with Gasteiger partial charge in [-0.2, -0.15) is 0 Å². The summed E-state index contributed by atoms with van der Waals surface area (Å²) >= 11 is 3.20. The van der Waals surface area contributed by atoms with E-state index >= 15 is 0 Å². The van der Waals surface area contributed by atoms with Gasteiger partial charge in [0.25, 0.3) is 0 Å². The molecule has 1 atom stereocenters. The molecule has 13 heavy (non-hydrogen) atoms. The van der Waals surface area contributed by atoms with E-state index in [4.69, 9.17) is 9.52 Å². The summed E-state index contributed by atoms with van der Waals surface area (Å²) in [6.45, 7) is 0. The molecule has 0 aliphatic heterocycles. The third-order valence-electron chi connectivity index (χ3n) is 2.34. The summed E-state index contributed by atoms with van der Waals surface area (Å²) in [5.41, 5.74) is 0.759. The molecular weight excluding hydrogens is 236 g/mol. The molecule has 2 rings (SSSR count). The zero-order chi connectivity index (χ0) is 9.42. The van der Waals surface area contributed by atoms with E-state index in [1.807, 2.05) is 0 Å². The Labute approximate surface area is 83.9 Å². The van der Waals surface area contributed by atoms with E-state index < -0.39 is 11.9 Å². The molecule has 70 valence electrons. The van der Waals surface area contributed by atoms with Gasteiger partial charge < -0.3 is 9.52 Å². The maximum Gasteiger partial charge on any atom is 0.311 e. The highest BCUT2D eigenvalue weighted by atomic mass is 79.9. The van der Waals surface area contributed by atoms with Crippen molar-refractivity contribution in [2.75, 3.05) is 0 Å². The molecule has 0 saturated heterocycles. The second kappa shape index (κ2) is 3.18. The van der Waals surface area contributed by atoms with Crippen LogP contribution in [0.4, 0.5) is 0 Å². The largest absolute Gasteiger partial charge is 0.481 e. The predicted octanol–water partition coefficient (Wildman–Crippen LogP) is 2.62. The molecule has 0 aromatic carbocycles. The molecule has 1 aromatic heterocycles. The van der Waals surface area contributed by atoms with Crippen molar-refractivity contribution >= 4 is 21.9 Å². The second-order valence-electron chi connectivity index (χ2n) is 3.30. The SMILES string of the molecule is O=C(O)C(c1ccoc1Br)C1CC1. The first-order valence-electron chi connectivity index (χ1n) is 4.16. The molecule has 1 unspecified atom stereocenters. The highest BCUT2D eigenvalue weighted by Crippen LogP contribution is 2.44. The molecule has 1 heterocycles. The number of furan rings is 1. The van der Waals surface area contributed by atoms with Gasteiger partial charge in [0.2, 0.25) is 0 Å². The summed E-state index contributed by atoms with van der Waals surface area (Å²) < 4.78 is 5.57. The summed E-state index contributed by atoms with van der Waals surface area (Å²) in [5.74, 6) is -0.857. The summed E-state index contributed by atoms with van der Waals surface area (Å²) in [4.78, 5) is 11.0. The van der Waals surface area contributed by atoms with Gasteiger partial charge in [0, 0.05) is 5.56 Å². The van der Waals surface area contributed by atoms with Crippen LogP contribution in [0.3, 0.4) is 0 Å². The summed E-state index contributed by atoms with van der Waals surface area (Å²) in [6, 6.07) is 1.72. The van der Waals surface area contributed by atoms with Crippen molar-refractivity contribution in [1.29, 1.82) is 0 Å². The first-order valence-corrected chi connectivity index (χ1v) is 4.95. The van der Waals surface area contributed by atoms with E-state index in [0.717, 1.165) is 18.4 Å². The van der Waals surface area contributed by atoms with Gasteiger partial charge in [-0.05, 0) is 40.8 Å². The van der Waals surface area contributed by atoms with Crippen LogP contribution in [0, 0.1) is 5.92 Å². The molecule has 1 saturated carbocycles. The third kappa shape index (κ3) is 1.63. The Morgan fingerprint density at radius 1 is 1.69 bits per heavy atom. The monoisotopic (exact) mass is 244 g/mol. The van der Waals surface area contributed by atoms with Crippen molar-refractivity contribution in [2.24, 2.45) is 5.92 Å². The average Bonchev–Trinajstić information content (AvgIpc) is 2.78. The maximum absolute atomic E-state index is 11.0. The predicted molar refractivity (Wildman–Crippen MR) is 49.5 cm³/mol. The Morgan fingerprint density at radius 3 is 2.77 bits per heavy atom. The Morgan fingerprint density at radius 2 is 2.38 bits per heavy atom. The lowest BCUT2D eigenvalue weighted by molar-refractivity contribution is -0.139. The Hall–Kier alpha value is -0.770. The van der Waals surface area contributed by atoms with Gasteiger partial charge in [0.1, 0.15) is 0 Å². The van der Waals surface area contributed by atoms with Gasteiger partial charge in [-0.3, -0.25) is 4.79 Å². The van der Waals surface area contributed by atoms with E-state index in [1.54, 1.807) is 6.07 Å². The number of hydrogen-bond donors (Lipinski definition) is 1. The van der Waals surface area contributed by atoms with Gasteiger partial charge in [-0.15, -0.1) is 0 Å². The van der Waals surface area contributed by atoms with Crippen LogP contribution in [-0.4, -0.2) is 11.1 Å². The average molecular weight is 245 g/mol. The molecule has 4 heteroatoms. The fraction of sp³-hybridized carbons (Fsp3) is 0.444. The fourth-order valence-corrected chi connectivity index (χ4v) is 2.03. The first-order chi connectivity index (χ1) is 6.20. The van der Waals surface area contributed by atoms with Crippen LogP contribution in [0.5, 0.6) is 0 Å². The van der Waals surface area contributed by atoms with Crippen LogP contribution in [0.25, 0.3) is 0 Å². The maximum atomic E-state index is 11.0. The molecular formula is C9H9BrO3. The van der Waals surface area contributed by atoms with Crippen LogP contribution in [0.2, 0.25) is 0 Å². The molecule has 0 amide bonds. The Kier molecular flexibility index (Phi) is 2.15. The number of carboxylic acid groups (broad SMARTS) is 1. The smallest absolute Gasteiger partial charge is 0.311 e. The van der Waals surface area contributed by atoms with Crippen molar-refractivity contribution in [3.05, 3.63) is 22.6 Å². The first kappa shape index (κ1) is 8.81. The number of halogens is 1. The summed E-state index contributed by atoms with van der Waals surface area (Å²) in [5, 5.41) is 9.02. The number of carboxylic acids is 1. The van der Waals surface area contributed by atoms with Crippen LogP contribution >= 0.6 is 15.9 Å². The van der Waals surface area contributed by atoms with E-state index in [2.05, 4.69) is 15.9 Å². The van der Waals surface area contributed by atoms with Crippen LogP contribution in [0.1, 0.15) is 24.3 Å². The van der Waals surface area contributed by atoms with Gasteiger partial charge >= 0.3 is 5.97 Å². The quantitative estimate of drug-likeness (QED) is 0.890. The van der Waals surface area contributed by atoms with Crippen LogP contribution in [-0.2, 0) is 4.79 Å². The number of rotatable bonds is 3. The molecule has 1 aliphatic carbocycles. The van der Waals surface area contributed by atoms with Crippen molar-refractivity contribution in [3.8, 4) is 0 Å². The van der Waals surface area contributed by atoms with Gasteiger partial charge in [-0.25, -0.2) is 0 Å². The van der Waals surface area contributed by atoms with Crippen molar-refractivity contribution in [2.45, 2.75) is 18.8 Å². The zero-order valence-corrected chi connectivity index (χ0v) is 8.45. The standard InChI is InChI=1S/C9H9BrO3/c10-8-6(3-4-13-8)7(9(11)12)5-1-2-5/h3-5,7H,1-2H2,(H,11,12). The fourth-order valence-electron chi connectivity index (χ4n) is 1.54. The lowest BCUT2D eigenvalue weighted by Gasteiger charge is -2.08. The topological polar surface area (TPSA) is 50.4 Å². The van der Waals surface area contributed by atoms with Gasteiger partial charge in [-0.1, -0.05) is 0 Å². The van der Waals surface area contributed by atoms with Crippen molar-refractivity contribution in [3.63, 3.8) is 0 Å². The minimum Gasteiger partial charge on any atom is -0.481 e. The molecule has 3 nitrogen and oxygen atoms in total. The number of carbonyl (C=O) groups is 1. The van der Waals surface area contributed by atoms with E-state index in [-0.39, 0.29) is 0 Å². The summed E-state index contributed by atoms with van der Waals surface area (Å²) in [6.07, 6.45) is 3.53. The number of aliphatic carboxylic acids is 1. The molecule has 1 aromatic rings. The van der Waals surface area contributed by atoms with Crippen molar-refractivity contribution < 1.29 is 14.3 Å². The van der Waals surface area contributed by atoms with E-state index in [0.29, 0.717) is 10.6 Å². The number of hydrogen-bond acceptors (Lipinski definition) is 2. The minimum atomic E-state index is -0.760. The zero-order valence-electron chi connectivity index (χ0n) is 6.87. The van der Waals surface area contributed by atoms with Gasteiger partial charge in [0.15, 0.2) is 4.67 Å². The third-order valence-corrected chi connectivity index (χ3v) is 2.99. The minimum absolute atomic E-state index is 0.298. The highest BCUT2D eigenvalue weighted by molar-refractivity contribution is 9.10. The molecule has 1 N–H and O–H groups in total.